The van der Waals surface area contributed by atoms with Gasteiger partial charge >= 0.3 is 6.09 Å². The number of hydrogen-bond acceptors (Lipinski definition) is 4. The molecule has 2 atom stereocenters. The van der Waals surface area contributed by atoms with Crippen LogP contribution in [-0.2, 0) is 17.7 Å². The highest BCUT2D eigenvalue weighted by Gasteiger charge is 2.38. The van der Waals surface area contributed by atoms with Gasteiger partial charge in [-0.05, 0) is 45.7 Å². The molecule has 1 amide bonds. The van der Waals surface area contributed by atoms with E-state index in [1.165, 1.54) is 9.75 Å². The van der Waals surface area contributed by atoms with Crippen LogP contribution in [-0.4, -0.2) is 23.8 Å². The van der Waals surface area contributed by atoms with Gasteiger partial charge in [0.2, 0.25) is 0 Å². The van der Waals surface area contributed by atoms with Crippen molar-refractivity contribution in [1.29, 1.82) is 0 Å². The van der Waals surface area contributed by atoms with Gasteiger partial charge in [-0.1, -0.05) is 6.92 Å². The molecule has 0 aliphatic heterocycles. The van der Waals surface area contributed by atoms with Crippen molar-refractivity contribution in [3.8, 4) is 0 Å². The molecular weight excluding hydrogens is 272 g/mol. The topological polar surface area (TPSA) is 50.4 Å². The lowest BCUT2D eigenvalue weighted by molar-refractivity contribution is 0.0522. The Balaban J connectivity index is 1.66. The first kappa shape index (κ1) is 15.3. The first-order chi connectivity index (χ1) is 9.37. The van der Waals surface area contributed by atoms with Crippen LogP contribution in [0.2, 0.25) is 0 Å². The smallest absolute Gasteiger partial charge is 0.407 e. The number of amides is 1. The van der Waals surface area contributed by atoms with Gasteiger partial charge in [-0.3, -0.25) is 0 Å². The quantitative estimate of drug-likeness (QED) is 0.878. The molecule has 0 aromatic carbocycles. The van der Waals surface area contributed by atoms with Crippen molar-refractivity contribution in [1.82, 2.24) is 10.6 Å². The summed E-state index contributed by atoms with van der Waals surface area (Å²) in [6.45, 7) is 8.67. The molecule has 1 aliphatic carbocycles. The lowest BCUT2D eigenvalue weighted by Crippen LogP contribution is -2.36. The van der Waals surface area contributed by atoms with Gasteiger partial charge in [0.05, 0.1) is 0 Å². The molecule has 0 radical (unpaired) electrons. The van der Waals surface area contributed by atoms with Crippen LogP contribution in [0.5, 0.6) is 0 Å². The molecule has 112 valence electrons. The second-order valence-electron chi connectivity index (χ2n) is 6.20. The van der Waals surface area contributed by atoms with E-state index in [-0.39, 0.29) is 12.1 Å². The van der Waals surface area contributed by atoms with E-state index in [1.807, 2.05) is 32.1 Å². The Hall–Kier alpha value is -1.07. The maximum Gasteiger partial charge on any atom is 0.407 e. The van der Waals surface area contributed by atoms with Gasteiger partial charge < -0.3 is 15.4 Å². The zero-order chi connectivity index (χ0) is 14.8. The summed E-state index contributed by atoms with van der Waals surface area (Å²) in [6, 6.07) is 4.94. The number of thiophene rings is 1. The van der Waals surface area contributed by atoms with Crippen LogP contribution in [0.15, 0.2) is 12.1 Å². The zero-order valence-electron chi connectivity index (χ0n) is 12.7. The standard InChI is InChI=1S/C15H24N2O2S/c1-5-10-6-7-11(20-10)9-16-12-8-13(12)17-14(18)19-15(2,3)4/h6-7,12-13,16H,5,8-9H2,1-4H3,(H,17,18). The molecule has 1 saturated carbocycles. The van der Waals surface area contributed by atoms with Crippen molar-refractivity contribution in [3.05, 3.63) is 21.9 Å². The molecule has 4 nitrogen and oxygen atoms in total. The molecule has 0 saturated heterocycles. The Morgan fingerprint density at radius 1 is 1.35 bits per heavy atom. The van der Waals surface area contributed by atoms with Gasteiger partial charge in [-0.25, -0.2) is 4.79 Å². The fraction of sp³-hybridized carbons (Fsp3) is 0.667. The largest absolute Gasteiger partial charge is 0.444 e. The van der Waals surface area contributed by atoms with Crippen molar-refractivity contribution in [2.75, 3.05) is 0 Å². The van der Waals surface area contributed by atoms with E-state index in [0.29, 0.717) is 6.04 Å². The highest BCUT2D eigenvalue weighted by atomic mass is 32.1. The minimum absolute atomic E-state index is 0.204. The molecule has 1 fully saturated rings. The average Bonchev–Trinajstić information content (AvgIpc) is 2.88. The highest BCUT2D eigenvalue weighted by molar-refractivity contribution is 7.11. The van der Waals surface area contributed by atoms with Gasteiger partial charge in [0.15, 0.2) is 0 Å². The minimum atomic E-state index is -0.435. The fourth-order valence-electron chi connectivity index (χ4n) is 1.98. The number of aryl methyl sites for hydroxylation is 1. The molecule has 5 heteroatoms. The van der Waals surface area contributed by atoms with Crippen LogP contribution >= 0.6 is 11.3 Å². The van der Waals surface area contributed by atoms with Crippen LogP contribution in [0.1, 0.15) is 43.9 Å². The van der Waals surface area contributed by atoms with Crippen molar-refractivity contribution in [2.24, 2.45) is 0 Å². The van der Waals surface area contributed by atoms with Gasteiger partial charge in [0.25, 0.3) is 0 Å². The fourth-order valence-corrected chi connectivity index (χ4v) is 2.89. The summed E-state index contributed by atoms with van der Waals surface area (Å²) >= 11 is 1.85. The van der Waals surface area contributed by atoms with Crippen LogP contribution in [0.3, 0.4) is 0 Å². The lowest BCUT2D eigenvalue weighted by atomic mass is 10.2. The summed E-state index contributed by atoms with van der Waals surface area (Å²) in [4.78, 5) is 14.4. The third-order valence-electron chi connectivity index (χ3n) is 3.10. The second-order valence-corrected chi connectivity index (χ2v) is 7.45. The molecule has 0 bridgehead atoms. The predicted molar refractivity (Wildman–Crippen MR) is 82.1 cm³/mol. The number of alkyl carbamates (subject to hydrolysis) is 1. The third-order valence-corrected chi connectivity index (χ3v) is 4.33. The number of rotatable bonds is 5. The summed E-state index contributed by atoms with van der Waals surface area (Å²) in [5.74, 6) is 0. The number of ether oxygens (including phenoxy) is 1. The minimum Gasteiger partial charge on any atom is -0.444 e. The molecule has 20 heavy (non-hydrogen) atoms. The van der Waals surface area contributed by atoms with E-state index in [2.05, 4.69) is 29.7 Å². The SMILES string of the molecule is CCc1ccc(CNC2CC2NC(=O)OC(C)(C)C)s1. The molecule has 1 aromatic heterocycles. The molecule has 1 aromatic rings. The Morgan fingerprint density at radius 3 is 2.65 bits per heavy atom. The van der Waals surface area contributed by atoms with E-state index in [9.17, 15) is 4.79 Å². The Kier molecular flexibility index (Phi) is 4.70. The van der Waals surface area contributed by atoms with E-state index < -0.39 is 5.60 Å². The second kappa shape index (κ2) is 6.14. The van der Waals surface area contributed by atoms with Crippen molar-refractivity contribution < 1.29 is 9.53 Å². The van der Waals surface area contributed by atoms with Gasteiger partial charge in [0.1, 0.15) is 5.60 Å². The molecule has 1 heterocycles. The first-order valence-electron chi connectivity index (χ1n) is 7.18. The predicted octanol–water partition coefficient (Wildman–Crippen LogP) is 3.07. The van der Waals surface area contributed by atoms with Gasteiger partial charge in [0, 0.05) is 28.4 Å². The monoisotopic (exact) mass is 296 g/mol. The number of nitrogens with one attached hydrogen (secondary N) is 2. The number of carbonyl (C=O) groups is 1. The summed E-state index contributed by atoms with van der Waals surface area (Å²) < 4.78 is 5.24. The molecule has 2 rings (SSSR count). The number of carbonyl (C=O) groups excluding carboxylic acids is 1. The Bertz CT molecular complexity index is 465. The molecule has 1 aliphatic rings. The van der Waals surface area contributed by atoms with Crippen LogP contribution in [0.25, 0.3) is 0 Å². The molecule has 2 N–H and O–H groups in total. The van der Waals surface area contributed by atoms with Crippen molar-refractivity contribution in [2.45, 2.75) is 64.8 Å². The van der Waals surface area contributed by atoms with Crippen LogP contribution < -0.4 is 10.6 Å². The summed E-state index contributed by atoms with van der Waals surface area (Å²) in [6.07, 6.45) is 1.75. The maximum atomic E-state index is 11.6. The van der Waals surface area contributed by atoms with E-state index in [4.69, 9.17) is 4.74 Å². The van der Waals surface area contributed by atoms with Crippen LogP contribution in [0, 0.1) is 0 Å². The molecular formula is C15H24N2O2S. The lowest BCUT2D eigenvalue weighted by Gasteiger charge is -2.19. The average molecular weight is 296 g/mol. The number of hydrogen-bond donors (Lipinski definition) is 2. The van der Waals surface area contributed by atoms with E-state index in [1.54, 1.807) is 0 Å². The summed E-state index contributed by atoms with van der Waals surface area (Å²) in [5.41, 5.74) is -0.435. The highest BCUT2D eigenvalue weighted by Crippen LogP contribution is 2.24. The maximum absolute atomic E-state index is 11.6. The van der Waals surface area contributed by atoms with Gasteiger partial charge in [-0.2, -0.15) is 0 Å². The molecule has 0 spiro atoms. The summed E-state index contributed by atoms with van der Waals surface area (Å²) in [7, 11) is 0. The Labute approximate surface area is 124 Å². The van der Waals surface area contributed by atoms with Crippen LogP contribution in [0.4, 0.5) is 4.79 Å². The van der Waals surface area contributed by atoms with E-state index in [0.717, 1.165) is 19.4 Å². The van der Waals surface area contributed by atoms with E-state index >= 15 is 0 Å². The van der Waals surface area contributed by atoms with Crippen molar-refractivity contribution in [3.63, 3.8) is 0 Å². The first-order valence-corrected chi connectivity index (χ1v) is 7.99. The normalized spacial score (nSPS) is 21.6. The Morgan fingerprint density at radius 2 is 2.05 bits per heavy atom. The van der Waals surface area contributed by atoms with Gasteiger partial charge in [-0.15, -0.1) is 11.3 Å². The molecule has 2 unspecified atom stereocenters. The van der Waals surface area contributed by atoms with Crippen molar-refractivity contribution >= 4 is 17.4 Å². The third kappa shape index (κ3) is 4.80. The summed E-state index contributed by atoms with van der Waals surface area (Å²) in [5, 5.41) is 6.36. The zero-order valence-corrected chi connectivity index (χ0v) is 13.5.